The third kappa shape index (κ3) is 4.48. The van der Waals surface area contributed by atoms with Gasteiger partial charge in [-0.25, -0.2) is 5.43 Å². The summed E-state index contributed by atoms with van der Waals surface area (Å²) in [7, 11) is 0. The maximum absolute atomic E-state index is 12.0. The minimum absolute atomic E-state index is 0.0909. The molecule has 0 aliphatic carbocycles. The largest absolute Gasteiger partial charge is 0.507 e. The number of carbonyl (C=O) groups is 1. The smallest absolute Gasteiger partial charge is 0.275 e. The highest BCUT2D eigenvalue weighted by Gasteiger charge is 2.08. The first-order chi connectivity index (χ1) is 12.7. The number of carbonyl (C=O) groups excluding carboxylic acids is 1. The van der Waals surface area contributed by atoms with Crippen molar-refractivity contribution in [3.05, 3.63) is 95.6 Å². The number of benzene rings is 3. The monoisotopic (exact) mass is 346 g/mol. The Morgan fingerprint density at radius 2 is 1.65 bits per heavy atom. The molecule has 0 saturated carbocycles. The van der Waals surface area contributed by atoms with Gasteiger partial charge < -0.3 is 9.84 Å². The molecule has 0 bridgehead atoms. The van der Waals surface area contributed by atoms with Crippen LogP contribution >= 0.6 is 0 Å². The fourth-order valence-corrected chi connectivity index (χ4v) is 2.34. The van der Waals surface area contributed by atoms with Gasteiger partial charge in [0, 0.05) is 5.56 Å². The maximum Gasteiger partial charge on any atom is 0.275 e. The highest BCUT2D eigenvalue weighted by atomic mass is 16.5. The van der Waals surface area contributed by atoms with Gasteiger partial charge in [-0.1, -0.05) is 54.6 Å². The standard InChI is InChI=1S/C21H18N2O3/c24-19-12-6-5-11-18(19)21(25)23-22-14-17-10-4-7-13-20(17)26-15-16-8-2-1-3-9-16/h1-14,24H,15H2,(H,23,25)/b22-14+. The maximum atomic E-state index is 12.0. The molecule has 5 nitrogen and oxygen atoms in total. The molecule has 2 N–H and O–H groups in total. The van der Waals surface area contributed by atoms with Crippen molar-refractivity contribution in [2.75, 3.05) is 0 Å². The summed E-state index contributed by atoms with van der Waals surface area (Å²) < 4.78 is 5.84. The van der Waals surface area contributed by atoms with Crippen LogP contribution < -0.4 is 10.2 Å². The fourth-order valence-electron chi connectivity index (χ4n) is 2.34. The summed E-state index contributed by atoms with van der Waals surface area (Å²) in [5, 5.41) is 13.6. The highest BCUT2D eigenvalue weighted by Crippen LogP contribution is 2.18. The van der Waals surface area contributed by atoms with Crippen molar-refractivity contribution in [3.63, 3.8) is 0 Å². The summed E-state index contributed by atoms with van der Waals surface area (Å²) in [4.78, 5) is 12.0. The lowest BCUT2D eigenvalue weighted by Gasteiger charge is -2.09. The normalized spacial score (nSPS) is 10.6. The van der Waals surface area contributed by atoms with Crippen LogP contribution in [0.25, 0.3) is 0 Å². The molecule has 0 atom stereocenters. The van der Waals surface area contributed by atoms with Gasteiger partial charge in [0.2, 0.25) is 0 Å². The number of ether oxygens (including phenoxy) is 1. The Hall–Kier alpha value is -3.60. The quantitative estimate of drug-likeness (QED) is 0.528. The van der Waals surface area contributed by atoms with Gasteiger partial charge in [0.15, 0.2) is 0 Å². The van der Waals surface area contributed by atoms with E-state index in [1.807, 2.05) is 54.6 Å². The zero-order chi connectivity index (χ0) is 18.2. The number of nitrogens with one attached hydrogen (secondary N) is 1. The lowest BCUT2D eigenvalue weighted by Crippen LogP contribution is -2.17. The van der Waals surface area contributed by atoms with Crippen LogP contribution in [0.2, 0.25) is 0 Å². The lowest BCUT2D eigenvalue weighted by atomic mass is 10.2. The van der Waals surface area contributed by atoms with E-state index in [0.717, 1.165) is 11.1 Å². The first kappa shape index (κ1) is 17.2. The number of hydrogen-bond donors (Lipinski definition) is 2. The van der Waals surface area contributed by atoms with Gasteiger partial charge in [0.25, 0.3) is 5.91 Å². The van der Waals surface area contributed by atoms with Crippen LogP contribution in [0.1, 0.15) is 21.5 Å². The van der Waals surface area contributed by atoms with Crippen LogP contribution in [0.4, 0.5) is 0 Å². The number of aromatic hydroxyl groups is 1. The third-order valence-corrected chi connectivity index (χ3v) is 3.67. The topological polar surface area (TPSA) is 70.9 Å². The molecule has 5 heteroatoms. The van der Waals surface area contributed by atoms with Crippen molar-refractivity contribution in [2.24, 2.45) is 5.10 Å². The lowest BCUT2D eigenvalue weighted by molar-refractivity contribution is 0.0952. The van der Waals surface area contributed by atoms with Crippen LogP contribution in [-0.2, 0) is 6.61 Å². The minimum Gasteiger partial charge on any atom is -0.507 e. The van der Waals surface area contributed by atoms with Gasteiger partial charge in [-0.2, -0.15) is 5.10 Å². The molecule has 0 aliphatic heterocycles. The first-order valence-corrected chi connectivity index (χ1v) is 8.11. The summed E-state index contributed by atoms with van der Waals surface area (Å²) in [5.41, 5.74) is 4.37. The van der Waals surface area contributed by atoms with Gasteiger partial charge in [0.05, 0.1) is 11.8 Å². The van der Waals surface area contributed by atoms with E-state index in [9.17, 15) is 9.90 Å². The second-order valence-electron chi connectivity index (χ2n) is 5.53. The Kier molecular flexibility index (Phi) is 5.62. The number of hydrazone groups is 1. The number of phenolic OH excluding ortho intramolecular Hbond substituents is 1. The van der Waals surface area contributed by atoms with Crippen LogP contribution in [0.3, 0.4) is 0 Å². The molecule has 0 saturated heterocycles. The van der Waals surface area contributed by atoms with E-state index >= 15 is 0 Å². The van der Waals surface area contributed by atoms with E-state index in [0.29, 0.717) is 12.4 Å². The minimum atomic E-state index is -0.484. The van der Waals surface area contributed by atoms with Crippen molar-refractivity contribution < 1.29 is 14.6 Å². The van der Waals surface area contributed by atoms with E-state index in [-0.39, 0.29) is 11.3 Å². The van der Waals surface area contributed by atoms with Crippen LogP contribution in [0.5, 0.6) is 11.5 Å². The van der Waals surface area contributed by atoms with Crippen LogP contribution in [-0.4, -0.2) is 17.2 Å². The number of rotatable bonds is 6. The van der Waals surface area contributed by atoms with Crippen molar-refractivity contribution in [2.45, 2.75) is 6.61 Å². The Bertz CT molecular complexity index is 908. The van der Waals surface area contributed by atoms with Gasteiger partial charge in [-0.3, -0.25) is 4.79 Å². The molecule has 1 amide bonds. The SMILES string of the molecule is O=C(N/N=C/c1ccccc1OCc1ccccc1)c1ccccc1O. The molecule has 3 aromatic carbocycles. The average Bonchev–Trinajstić information content (AvgIpc) is 2.68. The Labute approximate surface area is 151 Å². The van der Waals surface area contributed by atoms with Crippen molar-refractivity contribution in [3.8, 4) is 11.5 Å². The van der Waals surface area contributed by atoms with Crippen molar-refractivity contribution in [1.29, 1.82) is 0 Å². The summed E-state index contributed by atoms with van der Waals surface area (Å²) in [6, 6.07) is 23.6. The van der Waals surface area contributed by atoms with Gasteiger partial charge >= 0.3 is 0 Å². The van der Waals surface area contributed by atoms with Gasteiger partial charge in [-0.15, -0.1) is 0 Å². The first-order valence-electron chi connectivity index (χ1n) is 8.11. The van der Waals surface area contributed by atoms with E-state index in [1.54, 1.807) is 12.1 Å². The summed E-state index contributed by atoms with van der Waals surface area (Å²) in [5.74, 6) is 0.0886. The number of phenols is 1. The Balaban J connectivity index is 1.65. The second-order valence-corrected chi connectivity index (χ2v) is 5.53. The molecular formula is C21H18N2O3. The summed E-state index contributed by atoms with van der Waals surface area (Å²) in [6.45, 7) is 0.440. The van der Waals surface area contributed by atoms with E-state index in [4.69, 9.17) is 4.74 Å². The number of nitrogens with zero attached hydrogens (tertiary/aromatic N) is 1. The number of amides is 1. The second kappa shape index (κ2) is 8.48. The Morgan fingerprint density at radius 3 is 2.46 bits per heavy atom. The average molecular weight is 346 g/mol. The summed E-state index contributed by atoms with van der Waals surface area (Å²) >= 11 is 0. The summed E-state index contributed by atoms with van der Waals surface area (Å²) in [6.07, 6.45) is 1.51. The molecule has 0 spiro atoms. The zero-order valence-electron chi connectivity index (χ0n) is 14.0. The van der Waals surface area contributed by atoms with Gasteiger partial charge in [0.1, 0.15) is 18.1 Å². The van der Waals surface area contributed by atoms with Crippen LogP contribution in [0.15, 0.2) is 84.0 Å². The van der Waals surface area contributed by atoms with Crippen LogP contribution in [0, 0.1) is 0 Å². The molecule has 130 valence electrons. The predicted molar refractivity (Wildman–Crippen MR) is 100 cm³/mol. The predicted octanol–water partition coefficient (Wildman–Crippen LogP) is 3.74. The molecule has 0 aliphatic rings. The molecule has 3 aromatic rings. The van der Waals surface area contributed by atoms with Crippen molar-refractivity contribution >= 4 is 12.1 Å². The van der Waals surface area contributed by atoms with E-state index in [2.05, 4.69) is 10.5 Å². The molecule has 0 radical (unpaired) electrons. The molecule has 26 heavy (non-hydrogen) atoms. The zero-order valence-corrected chi connectivity index (χ0v) is 14.0. The molecule has 0 fully saturated rings. The van der Waals surface area contributed by atoms with E-state index in [1.165, 1.54) is 18.3 Å². The molecule has 0 unspecified atom stereocenters. The van der Waals surface area contributed by atoms with Crippen molar-refractivity contribution in [1.82, 2.24) is 5.43 Å². The van der Waals surface area contributed by atoms with E-state index < -0.39 is 5.91 Å². The number of para-hydroxylation sites is 2. The molecule has 3 rings (SSSR count). The third-order valence-electron chi connectivity index (χ3n) is 3.67. The highest BCUT2D eigenvalue weighted by molar-refractivity contribution is 5.97. The fraction of sp³-hybridized carbons (Fsp3) is 0.0476. The Morgan fingerprint density at radius 1 is 0.962 bits per heavy atom. The number of hydrogen-bond acceptors (Lipinski definition) is 4. The molecule has 0 aromatic heterocycles. The molecule has 0 heterocycles. The van der Waals surface area contributed by atoms with Gasteiger partial charge in [-0.05, 0) is 29.8 Å². The molecular weight excluding hydrogens is 328 g/mol.